The molecule has 0 atom stereocenters. The molecule has 2 N–H and O–H groups in total. The summed E-state index contributed by atoms with van der Waals surface area (Å²) in [7, 11) is 4.68. The minimum absolute atomic E-state index is 0.371. The van der Waals surface area contributed by atoms with Crippen molar-refractivity contribution in [1.29, 1.82) is 0 Å². The second-order valence-electron chi connectivity index (χ2n) is 3.87. The monoisotopic (exact) mass is 326 g/mol. The molecular formula is C12H14N4O3S2. The average molecular weight is 326 g/mol. The molecular weight excluding hydrogens is 312 g/mol. The van der Waals surface area contributed by atoms with Gasteiger partial charge in [0.1, 0.15) is 5.75 Å². The van der Waals surface area contributed by atoms with Gasteiger partial charge in [0.05, 0.1) is 27.5 Å². The largest absolute Gasteiger partial charge is 0.496 e. The van der Waals surface area contributed by atoms with Gasteiger partial charge in [-0.3, -0.25) is 10.2 Å². The fourth-order valence-corrected chi connectivity index (χ4v) is 2.12. The van der Waals surface area contributed by atoms with Crippen molar-refractivity contribution in [3.63, 3.8) is 0 Å². The Hall–Kier alpha value is -2.13. The Bertz CT molecular complexity index is 748. The molecule has 1 aromatic carbocycles. The van der Waals surface area contributed by atoms with E-state index in [0.717, 1.165) is 0 Å². The Morgan fingerprint density at radius 2 is 1.48 bits per heavy atom. The van der Waals surface area contributed by atoms with Gasteiger partial charge >= 0.3 is 0 Å². The molecule has 112 valence electrons. The number of benzene rings is 1. The molecule has 0 saturated carbocycles. The number of methoxy groups -OCH3 is 3. The molecule has 0 saturated heterocycles. The fourth-order valence-electron chi connectivity index (χ4n) is 1.68. The Kier molecular flexibility index (Phi) is 4.76. The third kappa shape index (κ3) is 3.14. The zero-order chi connectivity index (χ0) is 15.4. The quantitative estimate of drug-likeness (QED) is 0.652. The lowest BCUT2D eigenvalue weighted by atomic mass is 10.2. The lowest BCUT2D eigenvalue weighted by molar-refractivity contribution is 0.349. The van der Waals surface area contributed by atoms with Gasteiger partial charge < -0.3 is 14.2 Å². The van der Waals surface area contributed by atoms with Crippen molar-refractivity contribution in [2.75, 3.05) is 21.3 Å². The molecule has 0 bridgehead atoms. The van der Waals surface area contributed by atoms with E-state index in [9.17, 15) is 0 Å². The van der Waals surface area contributed by atoms with Crippen LogP contribution in [0.2, 0.25) is 0 Å². The van der Waals surface area contributed by atoms with Crippen LogP contribution in [0.3, 0.4) is 0 Å². The minimum Gasteiger partial charge on any atom is -0.496 e. The van der Waals surface area contributed by atoms with Crippen molar-refractivity contribution in [2.24, 2.45) is 5.10 Å². The van der Waals surface area contributed by atoms with Crippen LogP contribution in [-0.2, 0) is 0 Å². The number of aromatic nitrogens is 3. The molecule has 0 radical (unpaired) electrons. The highest BCUT2D eigenvalue weighted by molar-refractivity contribution is 7.72. The standard InChI is InChI=1S/C12H14N4O3S2/c1-17-8-5-10(19-3)9(18-2)4-7(8)6-13-16-11(20)14-15-12(16)21/h4-6H,1-3H3,(H,14,20)(H,15,21)/b13-6-. The van der Waals surface area contributed by atoms with Gasteiger partial charge in [-0.05, 0) is 30.5 Å². The van der Waals surface area contributed by atoms with E-state index < -0.39 is 0 Å². The van der Waals surface area contributed by atoms with Crippen LogP contribution in [-0.4, -0.2) is 42.4 Å². The minimum atomic E-state index is 0.371. The van der Waals surface area contributed by atoms with Crippen LogP contribution < -0.4 is 14.2 Å². The number of hydrogen-bond donors (Lipinski definition) is 2. The van der Waals surface area contributed by atoms with E-state index in [1.54, 1.807) is 39.7 Å². The third-order valence-electron chi connectivity index (χ3n) is 2.71. The Morgan fingerprint density at radius 1 is 0.952 bits per heavy atom. The first-order valence-corrected chi connectivity index (χ1v) is 6.66. The number of H-pyrrole nitrogens is 2. The van der Waals surface area contributed by atoms with Gasteiger partial charge in [-0.25, -0.2) is 0 Å². The first kappa shape index (κ1) is 15.3. The number of aromatic amines is 2. The van der Waals surface area contributed by atoms with Gasteiger partial charge in [-0.15, -0.1) is 0 Å². The van der Waals surface area contributed by atoms with Crippen molar-refractivity contribution < 1.29 is 14.2 Å². The number of rotatable bonds is 5. The molecule has 9 heteroatoms. The first-order valence-electron chi connectivity index (χ1n) is 5.84. The molecule has 21 heavy (non-hydrogen) atoms. The van der Waals surface area contributed by atoms with Gasteiger partial charge in [0.2, 0.25) is 9.54 Å². The molecule has 0 aliphatic carbocycles. The number of ether oxygens (including phenoxy) is 3. The van der Waals surface area contributed by atoms with E-state index in [1.165, 1.54) is 4.68 Å². The van der Waals surface area contributed by atoms with Crippen molar-refractivity contribution in [3.05, 3.63) is 27.2 Å². The van der Waals surface area contributed by atoms with E-state index in [1.807, 2.05) is 0 Å². The van der Waals surface area contributed by atoms with Gasteiger partial charge in [-0.1, -0.05) is 0 Å². The lowest BCUT2D eigenvalue weighted by Crippen LogP contribution is -1.98. The fraction of sp³-hybridized carbons (Fsp3) is 0.250. The maximum absolute atomic E-state index is 5.31. The first-order chi connectivity index (χ1) is 10.1. The SMILES string of the molecule is COc1cc(OC)c(OC)cc1/C=N\n1c(=S)[nH][nH]c1=S. The molecule has 0 aliphatic rings. The molecule has 0 unspecified atom stereocenters. The topological polar surface area (TPSA) is 76.6 Å². The Balaban J connectivity index is 2.48. The summed E-state index contributed by atoms with van der Waals surface area (Å²) in [6.45, 7) is 0. The van der Waals surface area contributed by atoms with Crippen LogP contribution in [0.25, 0.3) is 0 Å². The molecule has 2 rings (SSSR count). The summed E-state index contributed by atoms with van der Waals surface area (Å²) in [6.07, 6.45) is 1.58. The van der Waals surface area contributed by atoms with Crippen LogP contribution in [0, 0.1) is 9.54 Å². The molecule has 2 aromatic rings. The number of nitrogens with one attached hydrogen (secondary N) is 2. The van der Waals surface area contributed by atoms with E-state index in [-0.39, 0.29) is 0 Å². The summed E-state index contributed by atoms with van der Waals surface area (Å²) in [5.41, 5.74) is 0.702. The van der Waals surface area contributed by atoms with Crippen LogP contribution >= 0.6 is 24.4 Å². The zero-order valence-corrected chi connectivity index (χ0v) is 13.3. The summed E-state index contributed by atoms with van der Waals surface area (Å²) >= 11 is 10.1. The Labute approximate surface area is 131 Å². The maximum atomic E-state index is 5.31. The maximum Gasteiger partial charge on any atom is 0.215 e. The van der Waals surface area contributed by atoms with Crippen LogP contribution in [0.1, 0.15) is 5.56 Å². The molecule has 0 aliphatic heterocycles. The highest BCUT2D eigenvalue weighted by Crippen LogP contribution is 2.33. The van der Waals surface area contributed by atoms with Crippen molar-refractivity contribution >= 4 is 30.7 Å². The van der Waals surface area contributed by atoms with Gasteiger partial charge in [0.15, 0.2) is 11.5 Å². The second-order valence-corrected chi connectivity index (χ2v) is 4.64. The highest BCUT2D eigenvalue weighted by Gasteiger charge is 2.10. The molecule has 1 aromatic heterocycles. The Morgan fingerprint density at radius 3 is 2.00 bits per heavy atom. The van der Waals surface area contributed by atoms with Gasteiger partial charge in [0, 0.05) is 11.6 Å². The number of hydrogen-bond acceptors (Lipinski definition) is 6. The van der Waals surface area contributed by atoms with Crippen LogP contribution in [0.4, 0.5) is 0 Å². The average Bonchev–Trinajstić information content (AvgIpc) is 2.83. The summed E-state index contributed by atoms with van der Waals surface area (Å²) in [6, 6.07) is 3.47. The molecule has 0 fully saturated rings. The molecule has 0 amide bonds. The number of nitrogens with zero attached hydrogens (tertiary/aromatic N) is 2. The predicted molar refractivity (Wildman–Crippen MR) is 83.9 cm³/mol. The zero-order valence-electron chi connectivity index (χ0n) is 11.7. The summed E-state index contributed by atoms with van der Waals surface area (Å²) in [5, 5.41) is 9.62. The normalized spacial score (nSPS) is 10.8. The van der Waals surface area contributed by atoms with E-state index in [2.05, 4.69) is 15.3 Å². The van der Waals surface area contributed by atoms with E-state index in [0.29, 0.717) is 32.4 Å². The van der Waals surface area contributed by atoms with E-state index in [4.69, 9.17) is 38.6 Å². The molecule has 7 nitrogen and oxygen atoms in total. The summed E-state index contributed by atoms with van der Waals surface area (Å²) in [5.74, 6) is 1.73. The van der Waals surface area contributed by atoms with E-state index >= 15 is 0 Å². The van der Waals surface area contributed by atoms with Crippen molar-refractivity contribution in [3.8, 4) is 17.2 Å². The van der Waals surface area contributed by atoms with Gasteiger partial charge in [-0.2, -0.15) is 9.78 Å². The second kappa shape index (κ2) is 6.55. The summed E-state index contributed by atoms with van der Waals surface area (Å²) in [4.78, 5) is 0. The predicted octanol–water partition coefficient (Wildman–Crippen LogP) is 2.51. The molecule has 1 heterocycles. The van der Waals surface area contributed by atoms with Crippen molar-refractivity contribution in [2.45, 2.75) is 0 Å². The van der Waals surface area contributed by atoms with Gasteiger partial charge in [0.25, 0.3) is 0 Å². The smallest absolute Gasteiger partial charge is 0.215 e. The van der Waals surface area contributed by atoms with Crippen LogP contribution in [0.5, 0.6) is 17.2 Å². The third-order valence-corrected chi connectivity index (χ3v) is 3.26. The molecule has 0 spiro atoms. The van der Waals surface area contributed by atoms with Crippen LogP contribution in [0.15, 0.2) is 17.2 Å². The lowest BCUT2D eigenvalue weighted by Gasteiger charge is -2.11. The summed E-state index contributed by atoms with van der Waals surface area (Å²) < 4.78 is 17.9. The van der Waals surface area contributed by atoms with Crippen molar-refractivity contribution in [1.82, 2.24) is 14.9 Å². The highest BCUT2D eigenvalue weighted by atomic mass is 32.1.